The highest BCUT2D eigenvalue weighted by Gasteiger charge is 2.29. The molecule has 1 aliphatic rings. The zero-order valence-electron chi connectivity index (χ0n) is 15.6. The zero-order chi connectivity index (χ0) is 19.2. The molecule has 10 heteroatoms. The molecule has 0 bridgehead atoms. The van der Waals surface area contributed by atoms with Crippen molar-refractivity contribution in [3.05, 3.63) is 40.1 Å². The largest absolute Gasteiger partial charge is 0.383 e. The van der Waals surface area contributed by atoms with E-state index in [4.69, 9.17) is 9.47 Å². The van der Waals surface area contributed by atoms with Crippen LogP contribution in [0.4, 0.5) is 0 Å². The van der Waals surface area contributed by atoms with Crippen LogP contribution >= 0.6 is 0 Å². The fraction of sp³-hybridized carbons (Fsp3) is 0.588. The molecule has 27 heavy (non-hydrogen) atoms. The molecule has 3 heterocycles. The molecule has 2 aromatic rings. The second kappa shape index (κ2) is 8.87. The SMILES string of the molecule is COCCn1nnnc1[C@H]1CN(C(=O)CCn2c(C)cccc2=O)CCO1. The van der Waals surface area contributed by atoms with E-state index in [1.165, 1.54) is 6.07 Å². The second-order valence-electron chi connectivity index (χ2n) is 6.36. The van der Waals surface area contributed by atoms with E-state index in [0.717, 1.165) is 5.69 Å². The minimum atomic E-state index is -0.379. The maximum atomic E-state index is 12.6. The van der Waals surface area contributed by atoms with Gasteiger partial charge in [-0.2, -0.15) is 0 Å². The fourth-order valence-corrected chi connectivity index (χ4v) is 3.09. The van der Waals surface area contributed by atoms with Gasteiger partial charge in [0, 0.05) is 38.4 Å². The van der Waals surface area contributed by atoms with Crippen LogP contribution < -0.4 is 5.56 Å². The van der Waals surface area contributed by atoms with E-state index in [0.29, 0.717) is 45.2 Å². The summed E-state index contributed by atoms with van der Waals surface area (Å²) in [7, 11) is 1.61. The molecule has 0 unspecified atom stereocenters. The Morgan fingerprint density at radius 1 is 1.37 bits per heavy atom. The van der Waals surface area contributed by atoms with Crippen LogP contribution in [0.15, 0.2) is 23.0 Å². The molecule has 1 atom stereocenters. The Morgan fingerprint density at radius 2 is 2.22 bits per heavy atom. The summed E-state index contributed by atoms with van der Waals surface area (Å²) in [5, 5.41) is 11.7. The topological polar surface area (TPSA) is 104 Å². The summed E-state index contributed by atoms with van der Waals surface area (Å²) in [6.45, 7) is 4.53. The molecule has 0 spiro atoms. The number of carbonyl (C=O) groups excluding carboxylic acids is 1. The van der Waals surface area contributed by atoms with Gasteiger partial charge in [-0.3, -0.25) is 9.59 Å². The van der Waals surface area contributed by atoms with Crippen LogP contribution in [0.3, 0.4) is 0 Å². The van der Waals surface area contributed by atoms with Crippen molar-refractivity contribution in [1.82, 2.24) is 29.7 Å². The number of aryl methyl sites for hydroxylation is 1. The summed E-state index contributed by atoms with van der Waals surface area (Å²) in [5.41, 5.74) is 0.743. The van der Waals surface area contributed by atoms with Crippen LogP contribution in [-0.2, 0) is 27.4 Å². The normalized spacial score (nSPS) is 17.3. The van der Waals surface area contributed by atoms with Crippen molar-refractivity contribution < 1.29 is 14.3 Å². The molecule has 0 aliphatic carbocycles. The van der Waals surface area contributed by atoms with Gasteiger partial charge in [0.1, 0.15) is 6.10 Å². The molecular formula is C17H24N6O4. The Labute approximate surface area is 156 Å². The van der Waals surface area contributed by atoms with Gasteiger partial charge in [-0.05, 0) is 23.4 Å². The van der Waals surface area contributed by atoms with Gasteiger partial charge in [0.05, 0.1) is 26.3 Å². The molecule has 0 saturated carbocycles. The summed E-state index contributed by atoms with van der Waals surface area (Å²) in [6.07, 6.45) is -0.123. The third-order valence-electron chi connectivity index (χ3n) is 4.59. The lowest BCUT2D eigenvalue weighted by atomic mass is 10.2. The van der Waals surface area contributed by atoms with Crippen molar-refractivity contribution in [3.8, 4) is 0 Å². The van der Waals surface area contributed by atoms with Crippen molar-refractivity contribution in [3.63, 3.8) is 0 Å². The van der Waals surface area contributed by atoms with E-state index in [9.17, 15) is 9.59 Å². The zero-order valence-corrected chi connectivity index (χ0v) is 15.6. The standard InChI is InChI=1S/C17H24N6O4/c1-13-4-3-5-16(25)22(13)7-6-15(24)21-8-11-27-14(12-21)17-18-19-20-23(17)9-10-26-2/h3-5,14H,6-12H2,1-2H3/t14-/m1/s1. The molecule has 0 aromatic carbocycles. The lowest BCUT2D eigenvalue weighted by molar-refractivity contribution is -0.139. The van der Waals surface area contributed by atoms with E-state index in [1.807, 2.05) is 13.0 Å². The number of morpholine rings is 1. The predicted octanol–water partition coefficient (Wildman–Crippen LogP) is -0.220. The lowest BCUT2D eigenvalue weighted by Gasteiger charge is -2.32. The van der Waals surface area contributed by atoms with Crippen LogP contribution in [0.25, 0.3) is 0 Å². The quantitative estimate of drug-likeness (QED) is 0.658. The van der Waals surface area contributed by atoms with Crippen molar-refractivity contribution in [1.29, 1.82) is 0 Å². The van der Waals surface area contributed by atoms with E-state index in [2.05, 4.69) is 15.5 Å². The molecule has 0 N–H and O–H groups in total. The number of pyridine rings is 1. The third-order valence-corrected chi connectivity index (χ3v) is 4.59. The van der Waals surface area contributed by atoms with Crippen LogP contribution in [0.1, 0.15) is 24.0 Å². The summed E-state index contributed by atoms with van der Waals surface area (Å²) < 4.78 is 14.1. The highest BCUT2D eigenvalue weighted by atomic mass is 16.5. The Bertz CT molecular complexity index is 833. The number of tetrazole rings is 1. The Kier molecular flexibility index (Phi) is 6.30. The van der Waals surface area contributed by atoms with E-state index in [-0.39, 0.29) is 24.0 Å². The minimum absolute atomic E-state index is 0.0191. The maximum absolute atomic E-state index is 12.6. The first-order chi connectivity index (χ1) is 13.1. The van der Waals surface area contributed by atoms with Gasteiger partial charge in [-0.1, -0.05) is 6.07 Å². The number of hydrogen-bond acceptors (Lipinski definition) is 7. The molecule has 3 rings (SSSR count). The molecule has 2 aromatic heterocycles. The highest BCUT2D eigenvalue weighted by Crippen LogP contribution is 2.20. The number of methoxy groups -OCH3 is 1. The van der Waals surface area contributed by atoms with Crippen molar-refractivity contribution in [2.75, 3.05) is 33.4 Å². The number of carbonyl (C=O) groups is 1. The first-order valence-electron chi connectivity index (χ1n) is 8.91. The Hall–Kier alpha value is -2.59. The predicted molar refractivity (Wildman–Crippen MR) is 95.0 cm³/mol. The first-order valence-corrected chi connectivity index (χ1v) is 8.91. The smallest absolute Gasteiger partial charge is 0.250 e. The van der Waals surface area contributed by atoms with Gasteiger partial charge in [-0.15, -0.1) is 5.10 Å². The summed E-state index contributed by atoms with van der Waals surface area (Å²) >= 11 is 0. The molecule has 1 saturated heterocycles. The van der Waals surface area contributed by atoms with Gasteiger partial charge < -0.3 is 18.9 Å². The van der Waals surface area contributed by atoms with Gasteiger partial charge >= 0.3 is 0 Å². The van der Waals surface area contributed by atoms with Crippen molar-refractivity contribution in [2.24, 2.45) is 0 Å². The number of nitrogens with zero attached hydrogens (tertiary/aromatic N) is 6. The van der Waals surface area contributed by atoms with Gasteiger partial charge in [-0.25, -0.2) is 4.68 Å². The van der Waals surface area contributed by atoms with Crippen LogP contribution in [0.2, 0.25) is 0 Å². The second-order valence-corrected chi connectivity index (χ2v) is 6.36. The van der Waals surface area contributed by atoms with Gasteiger partial charge in [0.25, 0.3) is 5.56 Å². The molecule has 0 radical (unpaired) electrons. The van der Waals surface area contributed by atoms with Crippen molar-refractivity contribution >= 4 is 5.91 Å². The number of aromatic nitrogens is 5. The molecule has 146 valence electrons. The van der Waals surface area contributed by atoms with E-state index >= 15 is 0 Å². The van der Waals surface area contributed by atoms with Crippen LogP contribution in [0.5, 0.6) is 0 Å². The fourth-order valence-electron chi connectivity index (χ4n) is 3.09. The van der Waals surface area contributed by atoms with Crippen LogP contribution in [0, 0.1) is 6.92 Å². The van der Waals surface area contributed by atoms with Crippen LogP contribution in [-0.4, -0.2) is 69.0 Å². The summed E-state index contributed by atoms with van der Waals surface area (Å²) in [4.78, 5) is 26.3. The molecule has 1 fully saturated rings. The monoisotopic (exact) mass is 376 g/mol. The summed E-state index contributed by atoms with van der Waals surface area (Å²) in [5.74, 6) is 0.564. The molecule has 1 aliphatic heterocycles. The van der Waals surface area contributed by atoms with Gasteiger partial charge in [0.2, 0.25) is 5.91 Å². The number of rotatable bonds is 7. The highest BCUT2D eigenvalue weighted by molar-refractivity contribution is 5.76. The van der Waals surface area contributed by atoms with E-state index < -0.39 is 0 Å². The maximum Gasteiger partial charge on any atom is 0.250 e. The molecule has 1 amide bonds. The minimum Gasteiger partial charge on any atom is -0.383 e. The van der Waals surface area contributed by atoms with E-state index in [1.54, 1.807) is 27.3 Å². The summed E-state index contributed by atoms with van der Waals surface area (Å²) in [6, 6.07) is 5.08. The molecular weight excluding hydrogens is 352 g/mol. The average molecular weight is 376 g/mol. The Balaban J connectivity index is 1.61. The third kappa shape index (κ3) is 4.58. The first kappa shape index (κ1) is 19.2. The van der Waals surface area contributed by atoms with Crippen molar-refractivity contribution in [2.45, 2.75) is 32.5 Å². The molecule has 10 nitrogen and oxygen atoms in total. The number of ether oxygens (including phenoxy) is 2. The van der Waals surface area contributed by atoms with Gasteiger partial charge in [0.15, 0.2) is 5.82 Å². The average Bonchev–Trinajstić information content (AvgIpc) is 3.14. The number of hydrogen-bond donors (Lipinski definition) is 0. The Morgan fingerprint density at radius 3 is 3.00 bits per heavy atom. The number of amides is 1. The lowest BCUT2D eigenvalue weighted by Crippen LogP contribution is -2.43.